The van der Waals surface area contributed by atoms with Crippen LogP contribution in [-0.4, -0.2) is 25.4 Å². The van der Waals surface area contributed by atoms with E-state index in [9.17, 15) is 13.2 Å². The van der Waals surface area contributed by atoms with E-state index in [0.717, 1.165) is 12.0 Å². The Hall–Kier alpha value is -0.940. The van der Waals surface area contributed by atoms with Crippen molar-refractivity contribution in [1.82, 2.24) is 5.32 Å². The van der Waals surface area contributed by atoms with Gasteiger partial charge in [0.25, 0.3) is 0 Å². The third-order valence-corrected chi connectivity index (χ3v) is 2.86. The molecule has 108 valence electrons. The predicted octanol–water partition coefficient (Wildman–Crippen LogP) is 3.82. The van der Waals surface area contributed by atoms with Crippen LogP contribution in [0.2, 0.25) is 5.02 Å². The van der Waals surface area contributed by atoms with Crippen LogP contribution in [0.3, 0.4) is 0 Å². The summed E-state index contributed by atoms with van der Waals surface area (Å²) in [5.41, 5.74) is 0.953. The van der Waals surface area contributed by atoms with Crippen molar-refractivity contribution >= 4 is 11.6 Å². The van der Waals surface area contributed by atoms with Gasteiger partial charge in [-0.2, -0.15) is 13.2 Å². The van der Waals surface area contributed by atoms with Crippen LogP contribution < -0.4 is 10.1 Å². The zero-order chi connectivity index (χ0) is 14.5. The number of rotatable bonds is 6. The molecule has 0 fully saturated rings. The highest BCUT2D eigenvalue weighted by molar-refractivity contribution is 6.31. The molecule has 1 unspecified atom stereocenters. The SMILES string of the molecule is CCc1cc(OC(C)CNCC(F)(F)F)ccc1Cl. The molecule has 1 aromatic rings. The van der Waals surface area contributed by atoms with Gasteiger partial charge in [0, 0.05) is 11.6 Å². The molecule has 1 atom stereocenters. The van der Waals surface area contributed by atoms with Crippen LogP contribution in [0, 0.1) is 0 Å². The third-order valence-electron chi connectivity index (χ3n) is 2.49. The number of hydrogen-bond acceptors (Lipinski definition) is 2. The van der Waals surface area contributed by atoms with Gasteiger partial charge >= 0.3 is 6.18 Å². The molecular weight excluding hydrogens is 279 g/mol. The Morgan fingerprint density at radius 1 is 1.37 bits per heavy atom. The molecule has 1 N–H and O–H groups in total. The minimum atomic E-state index is -4.20. The van der Waals surface area contributed by atoms with E-state index in [1.165, 1.54) is 0 Å². The van der Waals surface area contributed by atoms with Crippen molar-refractivity contribution in [1.29, 1.82) is 0 Å². The summed E-state index contributed by atoms with van der Waals surface area (Å²) in [4.78, 5) is 0. The van der Waals surface area contributed by atoms with E-state index in [1.807, 2.05) is 13.0 Å². The largest absolute Gasteiger partial charge is 0.489 e. The average Bonchev–Trinajstić information content (AvgIpc) is 2.30. The summed E-state index contributed by atoms with van der Waals surface area (Å²) < 4.78 is 41.4. The molecule has 6 heteroatoms. The van der Waals surface area contributed by atoms with E-state index < -0.39 is 12.7 Å². The van der Waals surface area contributed by atoms with Gasteiger partial charge in [0.05, 0.1) is 6.54 Å². The van der Waals surface area contributed by atoms with Crippen LogP contribution in [-0.2, 0) is 6.42 Å². The monoisotopic (exact) mass is 295 g/mol. The van der Waals surface area contributed by atoms with Gasteiger partial charge in [0.1, 0.15) is 11.9 Å². The van der Waals surface area contributed by atoms with Crippen LogP contribution in [0.1, 0.15) is 19.4 Å². The first kappa shape index (κ1) is 16.1. The lowest BCUT2D eigenvalue weighted by Crippen LogP contribution is -2.35. The quantitative estimate of drug-likeness (QED) is 0.861. The van der Waals surface area contributed by atoms with Gasteiger partial charge < -0.3 is 10.1 Å². The topological polar surface area (TPSA) is 21.3 Å². The van der Waals surface area contributed by atoms with Crippen LogP contribution >= 0.6 is 11.6 Å². The molecule has 0 aromatic heterocycles. The van der Waals surface area contributed by atoms with Crippen molar-refractivity contribution < 1.29 is 17.9 Å². The van der Waals surface area contributed by atoms with Gasteiger partial charge in [0.15, 0.2) is 0 Å². The Bertz CT molecular complexity index is 409. The number of hydrogen-bond donors (Lipinski definition) is 1. The molecule has 0 aliphatic carbocycles. The standard InChI is InChI=1S/C13H17ClF3NO/c1-3-10-6-11(4-5-12(10)14)19-9(2)7-18-8-13(15,16)17/h4-6,9,18H,3,7-8H2,1-2H3. The van der Waals surface area contributed by atoms with Gasteiger partial charge in [-0.1, -0.05) is 18.5 Å². The summed E-state index contributed by atoms with van der Waals surface area (Å²) in [5, 5.41) is 2.97. The lowest BCUT2D eigenvalue weighted by atomic mass is 10.1. The van der Waals surface area contributed by atoms with E-state index in [1.54, 1.807) is 19.1 Å². The molecule has 0 heterocycles. The molecular formula is C13H17ClF3NO. The van der Waals surface area contributed by atoms with Crippen LogP contribution in [0.4, 0.5) is 13.2 Å². The summed E-state index contributed by atoms with van der Waals surface area (Å²) in [5.74, 6) is 0.613. The van der Waals surface area contributed by atoms with Gasteiger partial charge in [-0.05, 0) is 37.1 Å². The van der Waals surface area contributed by atoms with E-state index in [0.29, 0.717) is 10.8 Å². The molecule has 0 bridgehead atoms. The second-order valence-corrected chi connectivity index (χ2v) is 4.69. The zero-order valence-corrected chi connectivity index (χ0v) is 11.6. The molecule has 0 amide bonds. The fraction of sp³-hybridized carbons (Fsp3) is 0.538. The van der Waals surface area contributed by atoms with Gasteiger partial charge in [0.2, 0.25) is 0 Å². The van der Waals surface area contributed by atoms with Crippen LogP contribution in [0.25, 0.3) is 0 Å². The normalized spacial score (nSPS) is 13.4. The highest BCUT2D eigenvalue weighted by Gasteiger charge is 2.26. The first-order valence-electron chi connectivity index (χ1n) is 6.04. The number of halogens is 4. The summed E-state index contributed by atoms with van der Waals surface area (Å²) >= 11 is 5.97. The number of nitrogens with one attached hydrogen (secondary N) is 1. The highest BCUT2D eigenvalue weighted by atomic mass is 35.5. The maximum absolute atomic E-state index is 12.0. The highest BCUT2D eigenvalue weighted by Crippen LogP contribution is 2.23. The molecule has 2 nitrogen and oxygen atoms in total. The minimum absolute atomic E-state index is 0.129. The van der Waals surface area contributed by atoms with Crippen molar-refractivity contribution in [3.63, 3.8) is 0 Å². The van der Waals surface area contributed by atoms with Gasteiger partial charge in [-0.3, -0.25) is 0 Å². The smallest absolute Gasteiger partial charge is 0.401 e. The Morgan fingerprint density at radius 2 is 2.05 bits per heavy atom. The molecule has 0 saturated carbocycles. The number of alkyl halides is 3. The first-order valence-corrected chi connectivity index (χ1v) is 6.42. The maximum atomic E-state index is 12.0. The van der Waals surface area contributed by atoms with Crippen molar-refractivity contribution in [2.45, 2.75) is 32.5 Å². The second kappa shape index (κ2) is 7.01. The van der Waals surface area contributed by atoms with Crippen LogP contribution in [0.5, 0.6) is 5.75 Å². The predicted molar refractivity (Wildman–Crippen MR) is 69.8 cm³/mol. The first-order chi connectivity index (χ1) is 8.81. The van der Waals surface area contributed by atoms with Crippen LogP contribution in [0.15, 0.2) is 18.2 Å². The number of ether oxygens (including phenoxy) is 1. The number of benzene rings is 1. The molecule has 0 saturated heterocycles. The van der Waals surface area contributed by atoms with Crippen molar-refractivity contribution in [2.75, 3.05) is 13.1 Å². The lowest BCUT2D eigenvalue weighted by molar-refractivity contribution is -0.125. The summed E-state index contributed by atoms with van der Waals surface area (Å²) in [6.45, 7) is 2.80. The number of aryl methyl sites for hydroxylation is 1. The summed E-state index contributed by atoms with van der Waals surface area (Å²) in [7, 11) is 0. The van der Waals surface area contributed by atoms with Gasteiger partial charge in [-0.25, -0.2) is 0 Å². The van der Waals surface area contributed by atoms with Crippen molar-refractivity contribution in [3.8, 4) is 5.75 Å². The van der Waals surface area contributed by atoms with E-state index in [2.05, 4.69) is 5.32 Å². The zero-order valence-electron chi connectivity index (χ0n) is 10.9. The molecule has 1 rings (SSSR count). The molecule has 0 spiro atoms. The summed E-state index contributed by atoms with van der Waals surface area (Å²) in [6, 6.07) is 5.25. The van der Waals surface area contributed by atoms with Crippen molar-refractivity contribution in [2.24, 2.45) is 0 Å². The average molecular weight is 296 g/mol. The lowest BCUT2D eigenvalue weighted by Gasteiger charge is -2.17. The Morgan fingerprint density at radius 3 is 2.63 bits per heavy atom. The Balaban J connectivity index is 2.46. The molecule has 0 aliphatic rings. The van der Waals surface area contributed by atoms with Gasteiger partial charge in [-0.15, -0.1) is 0 Å². The maximum Gasteiger partial charge on any atom is 0.401 e. The molecule has 1 aromatic carbocycles. The van der Waals surface area contributed by atoms with E-state index in [-0.39, 0.29) is 12.6 Å². The fourth-order valence-corrected chi connectivity index (χ4v) is 1.84. The second-order valence-electron chi connectivity index (χ2n) is 4.28. The molecule has 0 radical (unpaired) electrons. The Kier molecular flexibility index (Phi) is 5.94. The van der Waals surface area contributed by atoms with E-state index >= 15 is 0 Å². The third kappa shape index (κ3) is 6.16. The summed E-state index contributed by atoms with van der Waals surface area (Å²) in [6.07, 6.45) is -3.78. The Labute approximate surface area is 115 Å². The molecule has 0 aliphatic heterocycles. The minimum Gasteiger partial charge on any atom is -0.489 e. The van der Waals surface area contributed by atoms with E-state index in [4.69, 9.17) is 16.3 Å². The van der Waals surface area contributed by atoms with Crippen molar-refractivity contribution in [3.05, 3.63) is 28.8 Å². The molecule has 19 heavy (non-hydrogen) atoms. The fourth-order valence-electron chi connectivity index (χ4n) is 1.59.